The summed E-state index contributed by atoms with van der Waals surface area (Å²) in [6.07, 6.45) is 3.59. The number of aromatic nitrogens is 3. The average molecular weight is 393 g/mol. The van der Waals surface area contributed by atoms with Crippen LogP contribution in [0.5, 0.6) is 11.5 Å². The number of nitrogens with zero attached hydrogens (tertiary/aromatic N) is 3. The minimum atomic E-state index is -0.135. The standard InChI is InChI=1S/C22H21ClN4O/c1-22(2,3)27-12-16(19-20(24)25-13-26-21(19)27)14-8-10-15(11-9-14)28-18-7-5-4-6-17(18)23/h4-13H,1-3H3,(H2,24,25,26). The van der Waals surface area contributed by atoms with E-state index >= 15 is 0 Å². The van der Waals surface area contributed by atoms with Crippen molar-refractivity contribution in [2.75, 3.05) is 5.73 Å². The summed E-state index contributed by atoms with van der Waals surface area (Å²) in [5, 5.41) is 1.43. The van der Waals surface area contributed by atoms with E-state index < -0.39 is 0 Å². The van der Waals surface area contributed by atoms with E-state index in [1.54, 1.807) is 6.07 Å². The predicted molar refractivity (Wildman–Crippen MR) is 114 cm³/mol. The molecule has 4 rings (SSSR count). The Morgan fingerprint density at radius 3 is 2.39 bits per heavy atom. The SMILES string of the molecule is CC(C)(C)n1cc(-c2ccc(Oc3ccccc3Cl)cc2)c2c(N)ncnc21. The summed E-state index contributed by atoms with van der Waals surface area (Å²) in [7, 11) is 0. The molecule has 2 heterocycles. The van der Waals surface area contributed by atoms with Crippen LogP contribution in [0.2, 0.25) is 5.02 Å². The highest BCUT2D eigenvalue weighted by Gasteiger charge is 2.21. The Hall–Kier alpha value is -3.05. The summed E-state index contributed by atoms with van der Waals surface area (Å²) in [6, 6.07) is 15.2. The number of para-hydroxylation sites is 1. The average Bonchev–Trinajstić information content (AvgIpc) is 3.06. The van der Waals surface area contributed by atoms with Gasteiger partial charge in [-0.1, -0.05) is 35.9 Å². The van der Waals surface area contributed by atoms with E-state index in [9.17, 15) is 0 Å². The van der Waals surface area contributed by atoms with Gasteiger partial charge in [-0.25, -0.2) is 9.97 Å². The molecule has 5 nitrogen and oxygen atoms in total. The van der Waals surface area contributed by atoms with Gasteiger partial charge in [0, 0.05) is 17.3 Å². The van der Waals surface area contributed by atoms with Crippen molar-refractivity contribution in [2.45, 2.75) is 26.3 Å². The molecule has 0 radical (unpaired) electrons. The molecule has 0 aliphatic rings. The largest absolute Gasteiger partial charge is 0.456 e. The number of halogens is 1. The third-order valence-corrected chi connectivity index (χ3v) is 4.88. The third-order valence-electron chi connectivity index (χ3n) is 4.56. The van der Waals surface area contributed by atoms with Crippen LogP contribution in [0.15, 0.2) is 61.1 Å². The van der Waals surface area contributed by atoms with Crippen molar-refractivity contribution in [3.8, 4) is 22.6 Å². The van der Waals surface area contributed by atoms with E-state index in [-0.39, 0.29) is 5.54 Å². The summed E-state index contributed by atoms with van der Waals surface area (Å²) in [6.45, 7) is 6.40. The lowest BCUT2D eigenvalue weighted by atomic mass is 10.1. The molecule has 0 fully saturated rings. The number of ether oxygens (including phenoxy) is 1. The van der Waals surface area contributed by atoms with Crippen molar-refractivity contribution in [1.82, 2.24) is 14.5 Å². The molecule has 0 spiro atoms. The molecule has 0 aliphatic carbocycles. The zero-order valence-corrected chi connectivity index (χ0v) is 16.7. The first-order valence-corrected chi connectivity index (χ1v) is 9.37. The van der Waals surface area contributed by atoms with Crippen LogP contribution in [-0.2, 0) is 5.54 Å². The first-order chi connectivity index (χ1) is 13.3. The molecule has 0 bridgehead atoms. The summed E-state index contributed by atoms with van der Waals surface area (Å²) >= 11 is 6.17. The van der Waals surface area contributed by atoms with E-state index in [1.165, 1.54) is 6.33 Å². The summed E-state index contributed by atoms with van der Waals surface area (Å²) in [5.74, 6) is 1.80. The summed E-state index contributed by atoms with van der Waals surface area (Å²) in [4.78, 5) is 8.66. The van der Waals surface area contributed by atoms with Crippen LogP contribution in [0.3, 0.4) is 0 Å². The van der Waals surface area contributed by atoms with E-state index in [4.69, 9.17) is 22.1 Å². The quantitative estimate of drug-likeness (QED) is 0.472. The number of fused-ring (bicyclic) bond motifs is 1. The number of hydrogen-bond donors (Lipinski definition) is 1. The number of benzene rings is 2. The Morgan fingerprint density at radius 2 is 1.71 bits per heavy atom. The van der Waals surface area contributed by atoms with Gasteiger partial charge in [0.25, 0.3) is 0 Å². The van der Waals surface area contributed by atoms with Crippen LogP contribution >= 0.6 is 11.6 Å². The maximum atomic E-state index is 6.20. The van der Waals surface area contributed by atoms with E-state index in [0.717, 1.165) is 22.2 Å². The van der Waals surface area contributed by atoms with Crippen molar-refractivity contribution < 1.29 is 4.74 Å². The van der Waals surface area contributed by atoms with Crippen molar-refractivity contribution >= 4 is 28.5 Å². The lowest BCUT2D eigenvalue weighted by Gasteiger charge is -2.21. The van der Waals surface area contributed by atoms with Gasteiger partial charge in [-0.3, -0.25) is 0 Å². The minimum absolute atomic E-state index is 0.135. The van der Waals surface area contributed by atoms with Crippen LogP contribution in [0, 0.1) is 0 Å². The van der Waals surface area contributed by atoms with Gasteiger partial charge in [-0.2, -0.15) is 0 Å². The number of rotatable bonds is 3. The fourth-order valence-electron chi connectivity index (χ4n) is 3.17. The fourth-order valence-corrected chi connectivity index (χ4v) is 3.35. The van der Waals surface area contributed by atoms with Crippen molar-refractivity contribution in [1.29, 1.82) is 0 Å². The van der Waals surface area contributed by atoms with Gasteiger partial charge in [0.15, 0.2) is 0 Å². The molecular weight excluding hydrogens is 372 g/mol. The van der Waals surface area contributed by atoms with Gasteiger partial charge in [0.1, 0.15) is 29.3 Å². The molecule has 4 aromatic rings. The Labute approximate surface area is 168 Å². The van der Waals surface area contributed by atoms with Crippen molar-refractivity contribution in [3.63, 3.8) is 0 Å². The molecule has 0 aliphatic heterocycles. The maximum Gasteiger partial charge on any atom is 0.146 e. The maximum absolute atomic E-state index is 6.20. The number of anilines is 1. The number of hydrogen-bond acceptors (Lipinski definition) is 4. The Morgan fingerprint density at radius 1 is 1.00 bits per heavy atom. The molecule has 0 atom stereocenters. The topological polar surface area (TPSA) is 66.0 Å². The first kappa shape index (κ1) is 18.3. The lowest BCUT2D eigenvalue weighted by molar-refractivity contribution is 0.408. The molecule has 2 aromatic carbocycles. The molecule has 0 unspecified atom stereocenters. The fraction of sp³-hybridized carbons (Fsp3) is 0.182. The van der Waals surface area contributed by atoms with E-state index in [2.05, 4.69) is 41.5 Å². The monoisotopic (exact) mass is 392 g/mol. The van der Waals surface area contributed by atoms with Crippen molar-refractivity contribution in [3.05, 3.63) is 66.1 Å². The molecule has 2 aromatic heterocycles. The first-order valence-electron chi connectivity index (χ1n) is 8.99. The van der Waals surface area contributed by atoms with Crippen LogP contribution < -0.4 is 10.5 Å². The van der Waals surface area contributed by atoms with Gasteiger partial charge >= 0.3 is 0 Å². The second kappa shape index (κ2) is 6.84. The molecule has 142 valence electrons. The highest BCUT2D eigenvalue weighted by atomic mass is 35.5. The normalized spacial score (nSPS) is 11.7. The van der Waals surface area contributed by atoms with Gasteiger partial charge in [0.05, 0.1) is 10.4 Å². The minimum Gasteiger partial charge on any atom is -0.456 e. The Balaban J connectivity index is 1.76. The van der Waals surface area contributed by atoms with Crippen LogP contribution in [0.25, 0.3) is 22.2 Å². The Bertz CT molecular complexity index is 1140. The molecule has 2 N–H and O–H groups in total. The second-order valence-corrected chi connectivity index (χ2v) is 8.01. The molecule has 0 saturated carbocycles. The molecule has 6 heteroatoms. The number of nitrogen functional groups attached to an aromatic ring is 1. The zero-order chi connectivity index (χ0) is 19.9. The van der Waals surface area contributed by atoms with E-state index in [1.807, 2.05) is 42.5 Å². The van der Waals surface area contributed by atoms with Gasteiger partial charge in [-0.15, -0.1) is 0 Å². The van der Waals surface area contributed by atoms with Gasteiger partial charge in [-0.05, 0) is 50.6 Å². The second-order valence-electron chi connectivity index (χ2n) is 7.60. The Kier molecular flexibility index (Phi) is 4.47. The zero-order valence-electron chi connectivity index (χ0n) is 16.0. The van der Waals surface area contributed by atoms with Crippen molar-refractivity contribution in [2.24, 2.45) is 0 Å². The van der Waals surface area contributed by atoms with Crippen LogP contribution in [-0.4, -0.2) is 14.5 Å². The van der Waals surface area contributed by atoms with Gasteiger partial charge < -0.3 is 15.0 Å². The molecule has 0 amide bonds. The lowest BCUT2D eigenvalue weighted by Crippen LogP contribution is -2.21. The van der Waals surface area contributed by atoms with Gasteiger partial charge in [0.2, 0.25) is 0 Å². The highest BCUT2D eigenvalue weighted by Crippen LogP contribution is 2.37. The smallest absolute Gasteiger partial charge is 0.146 e. The van der Waals surface area contributed by atoms with E-state index in [0.29, 0.717) is 22.3 Å². The molecule has 0 saturated heterocycles. The highest BCUT2D eigenvalue weighted by molar-refractivity contribution is 6.32. The summed E-state index contributed by atoms with van der Waals surface area (Å²) in [5.41, 5.74) is 8.89. The third kappa shape index (κ3) is 3.29. The predicted octanol–water partition coefficient (Wildman–Crippen LogP) is 5.88. The van der Waals surface area contributed by atoms with Crippen LogP contribution in [0.1, 0.15) is 20.8 Å². The molecule has 28 heavy (non-hydrogen) atoms. The molecular formula is C22H21ClN4O. The number of nitrogens with two attached hydrogens (primary N) is 1. The van der Waals surface area contributed by atoms with Crippen LogP contribution in [0.4, 0.5) is 5.82 Å². The summed E-state index contributed by atoms with van der Waals surface area (Å²) < 4.78 is 8.01.